The normalized spacial score (nSPS) is 11.5. The van der Waals surface area contributed by atoms with Crippen molar-refractivity contribution in [2.45, 2.75) is 4.90 Å². The van der Waals surface area contributed by atoms with Crippen LogP contribution in [0, 0.1) is 17.2 Å². The maximum atomic E-state index is 12.3. The minimum Gasteiger partial charge on any atom is -0.348 e. The van der Waals surface area contributed by atoms with Crippen LogP contribution in [0.1, 0.15) is 10.5 Å². The van der Waals surface area contributed by atoms with Gasteiger partial charge in [-0.1, -0.05) is 0 Å². The SMILES string of the molecule is CSc1ccc(NC(=O)C(C#N)C(=O)c2cccn2C)cc1. The second-order valence-electron chi connectivity index (χ2n) is 4.65. The molecule has 112 valence electrons. The van der Waals surface area contributed by atoms with Gasteiger partial charge in [0.2, 0.25) is 11.7 Å². The summed E-state index contributed by atoms with van der Waals surface area (Å²) in [6.07, 6.45) is 3.65. The summed E-state index contributed by atoms with van der Waals surface area (Å²) in [5.41, 5.74) is 0.891. The average molecular weight is 313 g/mol. The highest BCUT2D eigenvalue weighted by Crippen LogP contribution is 2.18. The standard InChI is InChI=1S/C16H15N3O2S/c1-19-9-3-4-14(19)15(20)13(10-17)16(21)18-11-5-7-12(22-2)8-6-11/h3-9,13H,1-2H3,(H,18,21). The number of rotatable bonds is 5. The molecule has 6 heteroatoms. The molecule has 0 aliphatic heterocycles. The molecule has 1 amide bonds. The number of carbonyl (C=O) groups excluding carboxylic acids is 2. The van der Waals surface area contributed by atoms with Gasteiger partial charge in [-0.2, -0.15) is 5.26 Å². The van der Waals surface area contributed by atoms with E-state index >= 15 is 0 Å². The van der Waals surface area contributed by atoms with Gasteiger partial charge in [0.15, 0.2) is 5.92 Å². The van der Waals surface area contributed by atoms with E-state index in [2.05, 4.69) is 5.32 Å². The van der Waals surface area contributed by atoms with Crippen molar-refractivity contribution in [2.75, 3.05) is 11.6 Å². The topological polar surface area (TPSA) is 74.9 Å². The maximum absolute atomic E-state index is 12.3. The van der Waals surface area contributed by atoms with Gasteiger partial charge in [0, 0.05) is 23.8 Å². The fourth-order valence-electron chi connectivity index (χ4n) is 1.99. The Labute approximate surface area is 132 Å². The van der Waals surface area contributed by atoms with Crippen LogP contribution in [-0.2, 0) is 11.8 Å². The Kier molecular flexibility index (Phi) is 5.02. The number of hydrogen-bond acceptors (Lipinski definition) is 4. The Morgan fingerprint density at radius 3 is 2.45 bits per heavy atom. The van der Waals surface area contributed by atoms with Crippen LogP contribution < -0.4 is 5.32 Å². The van der Waals surface area contributed by atoms with E-state index in [1.807, 2.05) is 18.4 Å². The highest BCUT2D eigenvalue weighted by molar-refractivity contribution is 7.98. The largest absolute Gasteiger partial charge is 0.348 e. The average Bonchev–Trinajstić information content (AvgIpc) is 2.94. The molecule has 2 aromatic rings. The predicted octanol–water partition coefficient (Wildman–Crippen LogP) is 2.71. The summed E-state index contributed by atoms with van der Waals surface area (Å²) in [6, 6.07) is 12.3. The molecule has 0 fully saturated rings. The Morgan fingerprint density at radius 1 is 1.27 bits per heavy atom. The summed E-state index contributed by atoms with van der Waals surface area (Å²) in [5, 5.41) is 11.8. The molecule has 22 heavy (non-hydrogen) atoms. The summed E-state index contributed by atoms with van der Waals surface area (Å²) in [6.45, 7) is 0. The van der Waals surface area contributed by atoms with Crippen molar-refractivity contribution in [3.8, 4) is 6.07 Å². The number of aryl methyl sites for hydroxylation is 1. The van der Waals surface area contributed by atoms with Crippen LogP contribution in [0.3, 0.4) is 0 Å². The van der Waals surface area contributed by atoms with Gasteiger partial charge in [-0.3, -0.25) is 9.59 Å². The lowest BCUT2D eigenvalue weighted by molar-refractivity contribution is -0.117. The van der Waals surface area contributed by atoms with Gasteiger partial charge in [0.05, 0.1) is 11.8 Å². The van der Waals surface area contributed by atoms with Gasteiger partial charge in [0.25, 0.3) is 0 Å². The van der Waals surface area contributed by atoms with Crippen molar-refractivity contribution >= 4 is 29.1 Å². The lowest BCUT2D eigenvalue weighted by atomic mass is 10.0. The van der Waals surface area contributed by atoms with E-state index in [0.29, 0.717) is 11.4 Å². The van der Waals surface area contributed by atoms with E-state index in [-0.39, 0.29) is 0 Å². The number of anilines is 1. The molecule has 0 saturated heterocycles. The molecular weight excluding hydrogens is 298 g/mol. The molecule has 1 unspecified atom stereocenters. The van der Waals surface area contributed by atoms with Crippen molar-refractivity contribution in [2.24, 2.45) is 13.0 Å². The number of Topliss-reactive ketones (excluding diaryl/α,β-unsaturated/α-hetero) is 1. The van der Waals surface area contributed by atoms with Crippen LogP contribution in [0.15, 0.2) is 47.5 Å². The van der Waals surface area contributed by atoms with Crippen LogP contribution in [0.2, 0.25) is 0 Å². The van der Waals surface area contributed by atoms with Crippen molar-refractivity contribution in [1.29, 1.82) is 5.26 Å². The molecule has 0 spiro atoms. The van der Waals surface area contributed by atoms with Crippen LogP contribution >= 0.6 is 11.8 Å². The molecule has 1 aromatic heterocycles. The number of thioether (sulfide) groups is 1. The fourth-order valence-corrected chi connectivity index (χ4v) is 2.40. The lowest BCUT2D eigenvalue weighted by Crippen LogP contribution is -2.29. The smallest absolute Gasteiger partial charge is 0.249 e. The van der Waals surface area contributed by atoms with Gasteiger partial charge in [-0.15, -0.1) is 11.8 Å². The van der Waals surface area contributed by atoms with Crippen LogP contribution in [-0.4, -0.2) is 22.5 Å². The van der Waals surface area contributed by atoms with Crippen LogP contribution in [0.25, 0.3) is 0 Å². The number of nitrogens with one attached hydrogen (secondary N) is 1. The highest BCUT2D eigenvalue weighted by atomic mass is 32.2. The van der Waals surface area contributed by atoms with Crippen LogP contribution in [0.5, 0.6) is 0 Å². The molecule has 0 bridgehead atoms. The maximum Gasteiger partial charge on any atom is 0.249 e. The third-order valence-corrected chi connectivity index (χ3v) is 3.95. The minimum absolute atomic E-state index is 0.333. The molecule has 0 aliphatic carbocycles. The molecular formula is C16H15N3O2S. The summed E-state index contributed by atoms with van der Waals surface area (Å²) in [4.78, 5) is 25.5. The first-order chi connectivity index (χ1) is 10.6. The molecule has 0 saturated carbocycles. The first-order valence-corrected chi connectivity index (χ1v) is 7.79. The van der Waals surface area contributed by atoms with E-state index in [0.717, 1.165) is 4.90 Å². The zero-order valence-electron chi connectivity index (χ0n) is 12.2. The van der Waals surface area contributed by atoms with Crippen molar-refractivity contribution in [1.82, 2.24) is 4.57 Å². The molecule has 1 atom stereocenters. The Balaban J connectivity index is 2.13. The number of nitriles is 1. The zero-order chi connectivity index (χ0) is 16.1. The van der Waals surface area contributed by atoms with Crippen molar-refractivity contribution in [3.05, 3.63) is 48.3 Å². The highest BCUT2D eigenvalue weighted by Gasteiger charge is 2.29. The van der Waals surface area contributed by atoms with Gasteiger partial charge in [-0.25, -0.2) is 0 Å². The van der Waals surface area contributed by atoms with E-state index < -0.39 is 17.6 Å². The Bertz CT molecular complexity index is 729. The molecule has 1 aromatic carbocycles. The molecule has 0 aliphatic rings. The van der Waals surface area contributed by atoms with Gasteiger partial charge >= 0.3 is 0 Å². The predicted molar refractivity (Wildman–Crippen MR) is 85.7 cm³/mol. The third kappa shape index (κ3) is 3.38. The summed E-state index contributed by atoms with van der Waals surface area (Å²) >= 11 is 1.59. The number of ketones is 1. The molecule has 1 heterocycles. The first-order valence-electron chi connectivity index (χ1n) is 6.57. The Hall–Kier alpha value is -2.52. The van der Waals surface area contributed by atoms with Gasteiger partial charge in [-0.05, 0) is 42.7 Å². The van der Waals surface area contributed by atoms with E-state index in [9.17, 15) is 14.9 Å². The number of hydrogen-bond donors (Lipinski definition) is 1. The van der Waals surface area contributed by atoms with E-state index in [1.54, 1.807) is 59.9 Å². The van der Waals surface area contributed by atoms with E-state index in [4.69, 9.17) is 0 Å². The number of amides is 1. The number of benzene rings is 1. The number of nitrogens with zero attached hydrogens (tertiary/aromatic N) is 2. The first kappa shape index (κ1) is 15.9. The third-order valence-electron chi connectivity index (χ3n) is 3.21. The van der Waals surface area contributed by atoms with Crippen LogP contribution in [0.4, 0.5) is 5.69 Å². The number of aromatic nitrogens is 1. The molecule has 5 nitrogen and oxygen atoms in total. The summed E-state index contributed by atoms with van der Waals surface area (Å²) in [5.74, 6) is -2.49. The van der Waals surface area contributed by atoms with Crippen molar-refractivity contribution < 1.29 is 9.59 Å². The minimum atomic E-state index is -1.37. The molecule has 1 N–H and O–H groups in total. The zero-order valence-corrected chi connectivity index (χ0v) is 13.1. The van der Waals surface area contributed by atoms with Gasteiger partial charge < -0.3 is 9.88 Å². The second kappa shape index (κ2) is 6.96. The quantitative estimate of drug-likeness (QED) is 0.523. The second-order valence-corrected chi connectivity index (χ2v) is 5.53. The molecule has 0 radical (unpaired) electrons. The summed E-state index contributed by atoms with van der Waals surface area (Å²) in [7, 11) is 1.70. The van der Waals surface area contributed by atoms with Crippen molar-refractivity contribution in [3.63, 3.8) is 0 Å². The number of carbonyl (C=O) groups is 2. The monoisotopic (exact) mass is 313 g/mol. The van der Waals surface area contributed by atoms with E-state index in [1.165, 1.54) is 0 Å². The summed E-state index contributed by atoms with van der Waals surface area (Å²) < 4.78 is 1.59. The lowest BCUT2D eigenvalue weighted by Gasteiger charge is -2.10. The molecule has 2 rings (SSSR count). The fraction of sp³-hybridized carbons (Fsp3) is 0.188. The van der Waals surface area contributed by atoms with Gasteiger partial charge in [0.1, 0.15) is 0 Å². The Morgan fingerprint density at radius 2 is 1.95 bits per heavy atom.